The van der Waals surface area contributed by atoms with Crippen molar-refractivity contribution in [3.8, 4) is 0 Å². The highest BCUT2D eigenvalue weighted by molar-refractivity contribution is 7.91. The van der Waals surface area contributed by atoms with Crippen molar-refractivity contribution in [1.29, 1.82) is 0 Å². The van der Waals surface area contributed by atoms with Crippen LogP contribution in [0, 0.1) is 23.7 Å². The molecule has 0 radical (unpaired) electrons. The zero-order valence-electron chi connectivity index (χ0n) is 33.2. The Morgan fingerprint density at radius 1 is 0.655 bits per heavy atom. The third-order valence-electron chi connectivity index (χ3n) is 11.5. The van der Waals surface area contributed by atoms with Gasteiger partial charge in [0.05, 0.1) is 0 Å². The Balaban J connectivity index is 0.000000209. The topological polar surface area (TPSA) is 223 Å². The summed E-state index contributed by atoms with van der Waals surface area (Å²) in [7, 11) is -7.70. The minimum Gasteiger partial charge on any atom is -0.480 e. The lowest BCUT2D eigenvalue weighted by Gasteiger charge is -2.42. The molecule has 320 valence electrons. The highest BCUT2D eigenvalue weighted by Gasteiger charge is 2.56. The molecule has 6 atom stereocenters. The van der Waals surface area contributed by atoms with E-state index in [1.165, 1.54) is 15.0 Å². The second-order valence-electron chi connectivity index (χ2n) is 16.3. The highest BCUT2D eigenvalue weighted by atomic mass is 32.2. The smallest absolute Gasteiger partial charge is 0.326 e. The Hall–Kier alpha value is -1.52. The molecule has 6 saturated heterocycles. The summed E-state index contributed by atoms with van der Waals surface area (Å²) in [6.07, 6.45) is 7.52. The largest absolute Gasteiger partial charge is 0.480 e. The van der Waals surface area contributed by atoms with Crippen LogP contribution >= 0.6 is 0 Å². The first-order chi connectivity index (χ1) is 26.1. The van der Waals surface area contributed by atoms with Gasteiger partial charge in [0, 0.05) is 104 Å². The summed E-state index contributed by atoms with van der Waals surface area (Å²) < 4.78 is 73.6. The molecule has 6 aliphatic heterocycles. The van der Waals surface area contributed by atoms with E-state index in [9.17, 15) is 31.5 Å². The van der Waals surface area contributed by atoms with Gasteiger partial charge in [0.25, 0.3) is 5.91 Å². The third-order valence-corrected chi connectivity index (χ3v) is 16.6. The minimum absolute atomic E-state index is 0.0317. The number of nitrogens with one attached hydrogen (secondary N) is 1. The number of ether oxygens (including phenoxy) is 4. The summed E-state index contributed by atoms with van der Waals surface area (Å²) in [4.78, 5) is 34.6. The fraction of sp³-hybridized carbons (Fsp3) is 0.944. The number of rotatable bonds is 9. The zero-order valence-corrected chi connectivity index (χ0v) is 34.8. The van der Waals surface area contributed by atoms with Gasteiger partial charge in [-0.1, -0.05) is 27.7 Å². The molecule has 0 bridgehead atoms. The number of carboxylic acid groups (broad SMARTS) is 1. The average molecular weight is 827 g/mol. The summed E-state index contributed by atoms with van der Waals surface area (Å²) in [5, 5.41) is 9.53. The van der Waals surface area contributed by atoms with Crippen LogP contribution in [0.4, 0.5) is 0 Å². The third kappa shape index (κ3) is 11.6. The van der Waals surface area contributed by atoms with Crippen LogP contribution < -0.4 is 11.4 Å². The van der Waals surface area contributed by atoms with Crippen LogP contribution in [0.2, 0.25) is 0 Å². The molecule has 55 heavy (non-hydrogen) atoms. The first-order valence-corrected chi connectivity index (χ1v) is 22.9. The van der Waals surface area contributed by atoms with Gasteiger partial charge in [-0.2, -0.15) is 0 Å². The molecule has 17 nitrogen and oxygen atoms in total. The van der Waals surface area contributed by atoms with Gasteiger partial charge in [0.15, 0.2) is 22.1 Å². The lowest BCUT2D eigenvalue weighted by molar-refractivity contribution is -0.202. The SMILES string of the molecule is CC1CC(C)CN(S(=O)(=O)C2(C(=O)NOC3CCCCO3)CCOCC2)C1.CC1CC(C)CN(S(=O)(=O)C2(C(=O)O)CCOCC2)C1.NOC1CCCCO1. The number of carbonyl (C=O) groups is 2. The molecule has 6 rings (SSSR count). The number of aliphatic carboxylic acids is 1. The first kappa shape index (κ1) is 46.2. The van der Waals surface area contributed by atoms with E-state index < -0.39 is 47.7 Å². The Labute approximate surface area is 327 Å². The van der Waals surface area contributed by atoms with Crippen molar-refractivity contribution >= 4 is 31.9 Å². The van der Waals surface area contributed by atoms with Crippen molar-refractivity contribution in [3.05, 3.63) is 0 Å². The van der Waals surface area contributed by atoms with Gasteiger partial charge in [-0.25, -0.2) is 41.7 Å². The predicted molar refractivity (Wildman–Crippen MR) is 202 cm³/mol. The molecule has 6 heterocycles. The standard InChI is InChI=1S/C18H32N2O6S.C13H23NO5S.C5H11NO2/c1-14-11-15(2)13-20(12-14)27(22,23)18(6-9-24-10-7-18)17(21)19-26-16-5-3-4-8-25-16;1-10-7-11(2)9-14(8-10)20(17,18)13(12(15)16)3-5-19-6-4-13;6-8-5-3-1-2-4-7-5/h14-16H,3-13H2,1-2H3,(H,19,21);10-11H,3-9H2,1-2H3,(H,15,16);5H,1-4,6H2. The van der Waals surface area contributed by atoms with E-state index in [1.807, 2.05) is 13.8 Å². The minimum atomic E-state index is -3.86. The molecule has 0 aromatic rings. The van der Waals surface area contributed by atoms with Crippen LogP contribution in [-0.2, 0) is 58.3 Å². The van der Waals surface area contributed by atoms with Gasteiger partial charge in [-0.05, 0) is 62.2 Å². The van der Waals surface area contributed by atoms with Crippen molar-refractivity contribution in [1.82, 2.24) is 14.1 Å². The molecule has 0 spiro atoms. The Morgan fingerprint density at radius 2 is 1.05 bits per heavy atom. The normalized spacial score (nSPS) is 32.1. The van der Waals surface area contributed by atoms with E-state index in [0.29, 0.717) is 39.2 Å². The number of carbonyl (C=O) groups excluding carboxylic acids is 1. The summed E-state index contributed by atoms with van der Waals surface area (Å²) in [5.74, 6) is 4.10. The summed E-state index contributed by atoms with van der Waals surface area (Å²) in [5.41, 5.74) is 2.41. The highest BCUT2D eigenvalue weighted by Crippen LogP contribution is 2.37. The van der Waals surface area contributed by atoms with E-state index in [0.717, 1.165) is 45.1 Å². The number of piperidine rings is 2. The molecule has 19 heteroatoms. The van der Waals surface area contributed by atoms with Gasteiger partial charge in [0.1, 0.15) is 0 Å². The van der Waals surface area contributed by atoms with Crippen LogP contribution in [0.1, 0.15) is 105 Å². The number of carboxylic acids is 1. The molecule has 0 aliphatic carbocycles. The lowest BCUT2D eigenvalue weighted by Crippen LogP contribution is -2.61. The number of sulfonamides is 2. The van der Waals surface area contributed by atoms with E-state index in [2.05, 4.69) is 24.2 Å². The van der Waals surface area contributed by atoms with Crippen molar-refractivity contribution in [2.75, 3.05) is 65.8 Å². The Kier molecular flexibility index (Phi) is 17.6. The van der Waals surface area contributed by atoms with Crippen molar-refractivity contribution in [2.24, 2.45) is 29.6 Å². The Bertz CT molecular complexity index is 1410. The Morgan fingerprint density at radius 3 is 1.42 bits per heavy atom. The van der Waals surface area contributed by atoms with Crippen LogP contribution in [0.15, 0.2) is 0 Å². The predicted octanol–water partition coefficient (Wildman–Crippen LogP) is 2.75. The van der Waals surface area contributed by atoms with Crippen LogP contribution in [0.25, 0.3) is 0 Å². The van der Waals surface area contributed by atoms with Gasteiger partial charge < -0.3 is 24.1 Å². The zero-order chi connectivity index (χ0) is 40.3. The molecule has 0 aromatic heterocycles. The maximum Gasteiger partial charge on any atom is 0.326 e. The van der Waals surface area contributed by atoms with Crippen LogP contribution in [0.3, 0.4) is 0 Å². The quantitative estimate of drug-likeness (QED) is 0.285. The van der Waals surface area contributed by atoms with Gasteiger partial charge in [-0.15, -0.1) is 0 Å². The lowest BCUT2D eigenvalue weighted by atomic mass is 9.93. The van der Waals surface area contributed by atoms with Crippen LogP contribution in [0.5, 0.6) is 0 Å². The number of nitrogens with zero attached hydrogens (tertiary/aromatic N) is 2. The van der Waals surface area contributed by atoms with E-state index in [1.54, 1.807) is 0 Å². The molecule has 0 aromatic carbocycles. The maximum atomic E-state index is 13.6. The molecule has 6 unspecified atom stereocenters. The van der Waals surface area contributed by atoms with Crippen molar-refractivity contribution in [3.63, 3.8) is 0 Å². The fourth-order valence-electron chi connectivity index (χ4n) is 8.52. The summed E-state index contributed by atoms with van der Waals surface area (Å²) >= 11 is 0. The number of hydrogen-bond acceptors (Lipinski definition) is 13. The van der Waals surface area contributed by atoms with E-state index in [-0.39, 0.29) is 82.1 Å². The van der Waals surface area contributed by atoms with Gasteiger partial charge in [0.2, 0.25) is 20.0 Å². The number of amides is 1. The van der Waals surface area contributed by atoms with Gasteiger partial charge >= 0.3 is 5.97 Å². The van der Waals surface area contributed by atoms with Crippen LogP contribution in [-0.4, -0.2) is 130 Å². The average Bonchev–Trinajstić information content (AvgIpc) is 3.17. The number of hydroxylamine groups is 1. The number of nitrogens with two attached hydrogens (primary N) is 1. The molecule has 6 aliphatic rings. The van der Waals surface area contributed by atoms with E-state index >= 15 is 0 Å². The molecule has 1 amide bonds. The summed E-state index contributed by atoms with van der Waals surface area (Å²) in [6.45, 7) is 12.1. The first-order valence-electron chi connectivity index (χ1n) is 20.0. The second-order valence-corrected chi connectivity index (χ2v) is 20.8. The fourth-order valence-corrected chi connectivity index (χ4v) is 13.2. The molecular weight excluding hydrogens is 761 g/mol. The van der Waals surface area contributed by atoms with E-state index in [4.69, 9.17) is 29.7 Å². The summed E-state index contributed by atoms with van der Waals surface area (Å²) in [6, 6.07) is 0. The number of hydrogen-bond donors (Lipinski definition) is 3. The van der Waals surface area contributed by atoms with Crippen molar-refractivity contribution in [2.45, 2.75) is 127 Å². The molecule has 0 saturated carbocycles. The van der Waals surface area contributed by atoms with Gasteiger partial charge in [-0.3, -0.25) is 14.4 Å². The monoisotopic (exact) mass is 826 g/mol. The second kappa shape index (κ2) is 20.9. The maximum absolute atomic E-state index is 13.6. The molecule has 6 fully saturated rings. The molecular formula is C36H66N4O13S2. The van der Waals surface area contributed by atoms with Crippen molar-refractivity contribution < 1.29 is 60.2 Å². The molecule has 4 N–H and O–H groups in total.